The molecule has 0 amide bonds. The quantitative estimate of drug-likeness (QED) is 0.293. The number of rotatable bonds is 4. The van der Waals surface area contributed by atoms with Gasteiger partial charge in [-0.25, -0.2) is 9.59 Å². The fourth-order valence-corrected chi connectivity index (χ4v) is 5.69. The summed E-state index contributed by atoms with van der Waals surface area (Å²) in [5, 5.41) is 5.54. The standard InChI is InChI=1S/C18H17NO4.C16H13N3O2/c1-22-17(20)15-8-7-14(9-16(15)18(21)23-2)19-10-12-5-3-4-6-13(12)11-19;20-15-13-6-5-12(7-14(13)16(21)18-17-15)19-8-10-3-1-2-4-11(10)9-19/h3-9H,10-11H2,1-2H3;1-7H,8-9H2,(H,17,20)(H,18,21). The van der Waals surface area contributed by atoms with Crippen LogP contribution in [0.5, 0.6) is 0 Å². The molecule has 1 aromatic heterocycles. The highest BCUT2D eigenvalue weighted by Crippen LogP contribution is 2.31. The number of H-pyrrole nitrogens is 2. The number of aromatic amines is 2. The molecule has 222 valence electrons. The highest BCUT2D eigenvalue weighted by atomic mass is 16.5. The predicted octanol–water partition coefficient (Wildman–Crippen LogP) is 4.52. The molecule has 2 N–H and O–H groups in total. The first-order chi connectivity index (χ1) is 21.4. The van der Waals surface area contributed by atoms with Crippen LogP contribution in [0.4, 0.5) is 11.4 Å². The van der Waals surface area contributed by atoms with Gasteiger partial charge in [-0.3, -0.25) is 19.8 Å². The van der Waals surface area contributed by atoms with Gasteiger partial charge in [0.05, 0.1) is 36.1 Å². The zero-order valence-electron chi connectivity index (χ0n) is 24.3. The number of benzene rings is 4. The molecule has 0 spiro atoms. The van der Waals surface area contributed by atoms with Crippen LogP contribution in [0.1, 0.15) is 43.0 Å². The molecule has 0 saturated carbocycles. The van der Waals surface area contributed by atoms with Crippen molar-refractivity contribution in [2.24, 2.45) is 0 Å². The number of carbonyl (C=O) groups excluding carboxylic acids is 2. The van der Waals surface area contributed by atoms with Crippen LogP contribution in [0.2, 0.25) is 0 Å². The number of fused-ring (bicyclic) bond motifs is 3. The molecule has 0 radical (unpaired) electrons. The number of anilines is 2. The smallest absolute Gasteiger partial charge is 0.338 e. The van der Waals surface area contributed by atoms with Gasteiger partial charge in [-0.1, -0.05) is 48.5 Å². The van der Waals surface area contributed by atoms with E-state index < -0.39 is 11.9 Å². The molecule has 44 heavy (non-hydrogen) atoms. The third-order valence-corrected chi connectivity index (χ3v) is 8.01. The molecule has 2 aliphatic heterocycles. The monoisotopic (exact) mass is 590 g/mol. The van der Waals surface area contributed by atoms with Gasteiger partial charge >= 0.3 is 11.9 Å². The van der Waals surface area contributed by atoms with Crippen LogP contribution in [0, 0.1) is 0 Å². The summed E-state index contributed by atoms with van der Waals surface area (Å²) in [4.78, 5) is 51.7. The minimum absolute atomic E-state index is 0.208. The zero-order chi connectivity index (χ0) is 30.8. The maximum absolute atomic E-state index is 12.0. The Morgan fingerprint density at radius 1 is 0.568 bits per heavy atom. The van der Waals surface area contributed by atoms with Gasteiger partial charge in [0.25, 0.3) is 11.1 Å². The van der Waals surface area contributed by atoms with Gasteiger partial charge in [0.15, 0.2) is 0 Å². The number of aromatic nitrogens is 2. The Kier molecular flexibility index (Phi) is 7.72. The van der Waals surface area contributed by atoms with E-state index in [0.717, 1.165) is 37.6 Å². The van der Waals surface area contributed by atoms with Crippen molar-refractivity contribution in [3.63, 3.8) is 0 Å². The third kappa shape index (κ3) is 5.45. The zero-order valence-corrected chi connectivity index (χ0v) is 24.3. The molecular weight excluding hydrogens is 560 g/mol. The lowest BCUT2D eigenvalue weighted by Gasteiger charge is -2.19. The molecule has 5 aromatic rings. The van der Waals surface area contributed by atoms with Gasteiger partial charge in [-0.15, -0.1) is 0 Å². The van der Waals surface area contributed by atoms with Gasteiger partial charge in [0, 0.05) is 37.6 Å². The number of nitrogens with one attached hydrogen (secondary N) is 2. The van der Waals surface area contributed by atoms with Gasteiger partial charge in [0.1, 0.15) is 0 Å². The van der Waals surface area contributed by atoms with Crippen LogP contribution in [-0.4, -0.2) is 36.4 Å². The maximum atomic E-state index is 12.0. The van der Waals surface area contributed by atoms with Crippen LogP contribution in [0.15, 0.2) is 94.5 Å². The van der Waals surface area contributed by atoms with E-state index in [9.17, 15) is 19.2 Å². The minimum Gasteiger partial charge on any atom is -0.465 e. The maximum Gasteiger partial charge on any atom is 0.338 e. The summed E-state index contributed by atoms with van der Waals surface area (Å²) in [6, 6.07) is 27.0. The summed E-state index contributed by atoms with van der Waals surface area (Å²) >= 11 is 0. The molecule has 10 heteroatoms. The summed E-state index contributed by atoms with van der Waals surface area (Å²) in [5.41, 5.74) is 6.84. The van der Waals surface area contributed by atoms with Crippen molar-refractivity contribution in [3.05, 3.63) is 139 Å². The Labute approximate surface area is 252 Å². The molecule has 0 bridgehead atoms. The largest absolute Gasteiger partial charge is 0.465 e. The second-order valence-electron chi connectivity index (χ2n) is 10.6. The van der Waals surface area contributed by atoms with Crippen LogP contribution in [0.25, 0.3) is 10.8 Å². The molecule has 0 unspecified atom stereocenters. The summed E-state index contributed by atoms with van der Waals surface area (Å²) in [6.45, 7) is 3.19. The number of methoxy groups -OCH3 is 2. The lowest BCUT2D eigenvalue weighted by atomic mass is 10.1. The van der Waals surface area contributed by atoms with Gasteiger partial charge in [-0.05, 0) is 58.7 Å². The SMILES string of the molecule is COC(=O)c1ccc(N2Cc3ccccc3C2)cc1C(=O)OC.O=c1[nH][nH]c(=O)c2cc(N3Cc4ccccc4C3)ccc12. The molecule has 0 aliphatic carbocycles. The van der Waals surface area contributed by atoms with Crippen molar-refractivity contribution in [2.45, 2.75) is 26.2 Å². The average molecular weight is 591 g/mol. The first-order valence-electron chi connectivity index (χ1n) is 14.0. The van der Waals surface area contributed by atoms with Crippen LogP contribution < -0.4 is 20.9 Å². The Morgan fingerprint density at radius 3 is 1.50 bits per heavy atom. The number of ether oxygens (including phenoxy) is 2. The fraction of sp³-hybridized carbons (Fsp3) is 0.176. The molecule has 0 fully saturated rings. The molecular formula is C34H30N4O6. The van der Waals surface area contributed by atoms with Crippen molar-refractivity contribution in [1.82, 2.24) is 10.2 Å². The summed E-state index contributed by atoms with van der Waals surface area (Å²) in [5.74, 6) is -1.11. The molecule has 7 rings (SSSR count). The first kappa shape index (κ1) is 28.5. The van der Waals surface area contributed by atoms with Crippen LogP contribution in [0.3, 0.4) is 0 Å². The highest BCUT2D eigenvalue weighted by molar-refractivity contribution is 6.04. The molecule has 0 saturated heterocycles. The second-order valence-corrected chi connectivity index (χ2v) is 10.6. The Morgan fingerprint density at radius 2 is 1.00 bits per heavy atom. The van der Waals surface area contributed by atoms with Gasteiger partial charge in [-0.2, -0.15) is 0 Å². The van der Waals surface area contributed by atoms with Crippen molar-refractivity contribution in [3.8, 4) is 0 Å². The Hall–Kier alpha value is -5.64. The molecule has 10 nitrogen and oxygen atoms in total. The third-order valence-electron chi connectivity index (χ3n) is 8.01. The van der Waals surface area contributed by atoms with E-state index in [4.69, 9.17) is 9.47 Å². The van der Waals surface area contributed by atoms with Gasteiger partial charge < -0.3 is 19.3 Å². The van der Waals surface area contributed by atoms with E-state index >= 15 is 0 Å². The molecule has 4 aromatic carbocycles. The number of hydrogen-bond donors (Lipinski definition) is 2. The minimum atomic E-state index is -0.554. The lowest BCUT2D eigenvalue weighted by Crippen LogP contribution is -2.20. The van der Waals surface area contributed by atoms with Crippen molar-refractivity contribution in [1.29, 1.82) is 0 Å². The average Bonchev–Trinajstić information content (AvgIpc) is 3.70. The van der Waals surface area contributed by atoms with E-state index in [0.29, 0.717) is 10.8 Å². The molecule has 3 heterocycles. The normalized spacial score (nSPS) is 13.1. The van der Waals surface area contributed by atoms with Crippen molar-refractivity contribution in [2.75, 3.05) is 24.0 Å². The first-order valence-corrected chi connectivity index (χ1v) is 14.0. The van der Waals surface area contributed by atoms with E-state index in [1.807, 2.05) is 36.4 Å². The van der Waals surface area contributed by atoms with E-state index in [1.165, 1.54) is 36.5 Å². The summed E-state index contributed by atoms with van der Waals surface area (Å²) < 4.78 is 9.51. The number of nitrogens with zero attached hydrogens (tertiary/aromatic N) is 2. The lowest BCUT2D eigenvalue weighted by molar-refractivity contribution is 0.0555. The van der Waals surface area contributed by atoms with Crippen molar-refractivity contribution >= 4 is 34.1 Å². The summed E-state index contributed by atoms with van der Waals surface area (Å²) in [7, 11) is 2.58. The molecule has 2 aliphatic rings. The van der Waals surface area contributed by atoms with Crippen molar-refractivity contribution < 1.29 is 19.1 Å². The number of hydrogen-bond acceptors (Lipinski definition) is 8. The Balaban J connectivity index is 0.000000156. The van der Waals surface area contributed by atoms with Crippen LogP contribution in [-0.2, 0) is 35.7 Å². The second kappa shape index (κ2) is 11.9. The van der Waals surface area contributed by atoms with E-state index in [2.05, 4.69) is 44.3 Å². The number of carbonyl (C=O) groups is 2. The number of esters is 2. The fourth-order valence-electron chi connectivity index (χ4n) is 5.69. The van der Waals surface area contributed by atoms with E-state index in [-0.39, 0.29) is 22.2 Å². The topological polar surface area (TPSA) is 125 Å². The molecule has 0 atom stereocenters. The summed E-state index contributed by atoms with van der Waals surface area (Å²) in [6.07, 6.45) is 0. The Bertz CT molecular complexity index is 1960. The van der Waals surface area contributed by atoms with Crippen LogP contribution >= 0.6 is 0 Å². The van der Waals surface area contributed by atoms with E-state index in [1.54, 1.807) is 24.3 Å². The predicted molar refractivity (Wildman–Crippen MR) is 167 cm³/mol. The highest BCUT2D eigenvalue weighted by Gasteiger charge is 2.24. The van der Waals surface area contributed by atoms with Gasteiger partial charge in [0.2, 0.25) is 0 Å².